The second-order valence-corrected chi connectivity index (χ2v) is 6.34. The van der Waals surface area contributed by atoms with Crippen molar-refractivity contribution in [3.63, 3.8) is 0 Å². The molecule has 0 bridgehead atoms. The molecule has 0 fully saturated rings. The second-order valence-electron chi connectivity index (χ2n) is 6.34. The van der Waals surface area contributed by atoms with Gasteiger partial charge in [-0.1, -0.05) is 38.5 Å². The van der Waals surface area contributed by atoms with Crippen LogP contribution in [0.4, 0.5) is 0 Å². The maximum absolute atomic E-state index is 5.98. The molecule has 0 amide bonds. The molecule has 0 heterocycles. The van der Waals surface area contributed by atoms with Crippen LogP contribution in [-0.4, -0.2) is 6.61 Å². The molecule has 0 saturated carbocycles. The maximum Gasteiger partial charge on any atom is 0.124 e. The van der Waals surface area contributed by atoms with E-state index >= 15 is 0 Å². The summed E-state index contributed by atoms with van der Waals surface area (Å²) in [7, 11) is 0. The van der Waals surface area contributed by atoms with Crippen LogP contribution in [0.15, 0.2) is 18.2 Å². The first-order chi connectivity index (χ1) is 8.29. The summed E-state index contributed by atoms with van der Waals surface area (Å²) in [6.45, 7) is 11.6. The third-order valence-corrected chi connectivity index (χ3v) is 2.98. The fourth-order valence-electron chi connectivity index (χ4n) is 1.94. The number of rotatable bonds is 5. The lowest BCUT2D eigenvalue weighted by Gasteiger charge is -2.19. The predicted molar refractivity (Wildman–Crippen MR) is 78.0 cm³/mol. The lowest BCUT2D eigenvalue weighted by molar-refractivity contribution is 0.266. The quantitative estimate of drug-likeness (QED) is 0.793. The highest BCUT2D eigenvalue weighted by Crippen LogP contribution is 2.26. The lowest BCUT2D eigenvalue weighted by atomic mass is 9.91. The largest absolute Gasteiger partial charge is 0.493 e. The van der Waals surface area contributed by atoms with E-state index in [0.29, 0.717) is 5.41 Å². The molecule has 1 aromatic rings. The van der Waals surface area contributed by atoms with Crippen LogP contribution in [0.1, 0.15) is 57.7 Å². The van der Waals surface area contributed by atoms with Crippen LogP contribution in [-0.2, 0) is 0 Å². The van der Waals surface area contributed by atoms with Crippen LogP contribution in [0, 0.1) is 12.3 Å². The van der Waals surface area contributed by atoms with Crippen LogP contribution < -0.4 is 10.5 Å². The summed E-state index contributed by atoms with van der Waals surface area (Å²) in [5.74, 6) is 0.935. The molecule has 1 rings (SSSR count). The Balaban J connectivity index is 2.57. The Morgan fingerprint density at radius 1 is 1.28 bits per heavy atom. The van der Waals surface area contributed by atoms with Crippen molar-refractivity contribution in [1.29, 1.82) is 0 Å². The summed E-state index contributed by atoms with van der Waals surface area (Å²) in [5, 5.41) is 0. The van der Waals surface area contributed by atoms with Crippen molar-refractivity contribution < 1.29 is 4.74 Å². The SMILES string of the molecule is Cc1ccc(OCCCC(C)(C)C)c([C@@H](C)N)c1. The van der Waals surface area contributed by atoms with Gasteiger partial charge in [-0.05, 0) is 38.2 Å². The Kier molecular flexibility index (Phi) is 5.21. The first-order valence-electron chi connectivity index (χ1n) is 6.78. The van der Waals surface area contributed by atoms with Gasteiger partial charge in [-0.3, -0.25) is 0 Å². The molecule has 1 atom stereocenters. The predicted octanol–water partition coefficient (Wildman–Crippen LogP) is 4.22. The fraction of sp³-hybridized carbons (Fsp3) is 0.625. The molecular formula is C16H27NO. The van der Waals surface area contributed by atoms with Gasteiger partial charge in [-0.2, -0.15) is 0 Å². The third kappa shape index (κ3) is 5.09. The molecule has 0 aliphatic heterocycles. The average Bonchev–Trinajstić information content (AvgIpc) is 2.24. The average molecular weight is 249 g/mol. The number of hydrogen-bond acceptors (Lipinski definition) is 2. The minimum Gasteiger partial charge on any atom is -0.493 e. The van der Waals surface area contributed by atoms with Crippen LogP contribution in [0.5, 0.6) is 5.75 Å². The van der Waals surface area contributed by atoms with Crippen LogP contribution in [0.3, 0.4) is 0 Å². The molecule has 0 aromatic heterocycles. The molecule has 0 saturated heterocycles. The first-order valence-corrected chi connectivity index (χ1v) is 6.78. The number of benzene rings is 1. The normalized spacial score (nSPS) is 13.4. The van der Waals surface area contributed by atoms with E-state index in [-0.39, 0.29) is 6.04 Å². The van der Waals surface area contributed by atoms with E-state index in [1.165, 1.54) is 12.0 Å². The van der Waals surface area contributed by atoms with Gasteiger partial charge in [-0.25, -0.2) is 0 Å². The van der Waals surface area contributed by atoms with E-state index < -0.39 is 0 Å². The van der Waals surface area contributed by atoms with E-state index in [1.54, 1.807) is 0 Å². The summed E-state index contributed by atoms with van der Waals surface area (Å²) in [6.07, 6.45) is 2.25. The Hall–Kier alpha value is -1.02. The van der Waals surface area contributed by atoms with Crippen LogP contribution >= 0.6 is 0 Å². The van der Waals surface area contributed by atoms with Gasteiger partial charge < -0.3 is 10.5 Å². The van der Waals surface area contributed by atoms with Crippen molar-refractivity contribution in [3.8, 4) is 5.75 Å². The van der Waals surface area contributed by atoms with Gasteiger partial charge >= 0.3 is 0 Å². The molecule has 102 valence electrons. The van der Waals surface area contributed by atoms with Crippen molar-refractivity contribution in [2.45, 2.75) is 53.5 Å². The van der Waals surface area contributed by atoms with Crippen molar-refractivity contribution in [1.82, 2.24) is 0 Å². The minimum absolute atomic E-state index is 0.0162. The summed E-state index contributed by atoms with van der Waals surface area (Å²) < 4.78 is 5.87. The summed E-state index contributed by atoms with van der Waals surface area (Å²) in [6, 6.07) is 6.24. The van der Waals surface area contributed by atoms with Crippen LogP contribution in [0.2, 0.25) is 0 Å². The molecule has 2 nitrogen and oxygen atoms in total. The topological polar surface area (TPSA) is 35.2 Å². The van der Waals surface area contributed by atoms with E-state index in [9.17, 15) is 0 Å². The minimum atomic E-state index is 0.0162. The van der Waals surface area contributed by atoms with E-state index in [0.717, 1.165) is 24.3 Å². The maximum atomic E-state index is 5.98. The highest BCUT2D eigenvalue weighted by molar-refractivity contribution is 5.38. The van der Waals surface area contributed by atoms with Crippen molar-refractivity contribution in [2.24, 2.45) is 11.1 Å². The van der Waals surface area contributed by atoms with E-state index in [1.807, 2.05) is 13.0 Å². The molecule has 0 unspecified atom stereocenters. The summed E-state index contributed by atoms with van der Waals surface area (Å²) in [4.78, 5) is 0. The van der Waals surface area contributed by atoms with Gasteiger partial charge in [0, 0.05) is 11.6 Å². The summed E-state index contributed by atoms with van der Waals surface area (Å²) in [5.41, 5.74) is 8.68. The lowest BCUT2D eigenvalue weighted by Crippen LogP contribution is -2.11. The number of nitrogens with two attached hydrogens (primary N) is 1. The number of aryl methyl sites for hydroxylation is 1. The molecule has 1 aromatic carbocycles. The van der Waals surface area contributed by atoms with Crippen LogP contribution in [0.25, 0.3) is 0 Å². The van der Waals surface area contributed by atoms with E-state index in [4.69, 9.17) is 10.5 Å². The first kappa shape index (κ1) is 15.0. The second kappa shape index (κ2) is 6.24. The van der Waals surface area contributed by atoms with Crippen molar-refractivity contribution >= 4 is 0 Å². The molecule has 2 N–H and O–H groups in total. The van der Waals surface area contributed by atoms with E-state index in [2.05, 4.69) is 39.8 Å². The zero-order chi connectivity index (χ0) is 13.8. The Morgan fingerprint density at radius 3 is 2.50 bits per heavy atom. The Labute approximate surface area is 112 Å². The molecule has 0 aliphatic rings. The third-order valence-electron chi connectivity index (χ3n) is 2.98. The molecule has 0 radical (unpaired) electrons. The monoisotopic (exact) mass is 249 g/mol. The molecule has 0 aliphatic carbocycles. The van der Waals surface area contributed by atoms with Gasteiger partial charge in [-0.15, -0.1) is 0 Å². The fourth-order valence-corrected chi connectivity index (χ4v) is 1.94. The van der Waals surface area contributed by atoms with Gasteiger partial charge in [0.05, 0.1) is 6.61 Å². The molecule has 2 heteroatoms. The zero-order valence-corrected chi connectivity index (χ0v) is 12.4. The highest BCUT2D eigenvalue weighted by atomic mass is 16.5. The van der Waals surface area contributed by atoms with Gasteiger partial charge in [0.15, 0.2) is 0 Å². The van der Waals surface area contributed by atoms with Crippen molar-refractivity contribution in [2.75, 3.05) is 6.61 Å². The highest BCUT2D eigenvalue weighted by Gasteiger charge is 2.11. The molecule has 18 heavy (non-hydrogen) atoms. The van der Waals surface area contributed by atoms with Gasteiger partial charge in [0.25, 0.3) is 0 Å². The van der Waals surface area contributed by atoms with Gasteiger partial charge in [0.1, 0.15) is 5.75 Å². The number of ether oxygens (including phenoxy) is 1. The standard InChI is InChI=1S/C16H27NO/c1-12-7-8-15(14(11-12)13(2)17)18-10-6-9-16(3,4)5/h7-8,11,13H,6,9-10,17H2,1-5H3/t13-/m1/s1. The Bertz CT molecular complexity index is 377. The molecular weight excluding hydrogens is 222 g/mol. The number of hydrogen-bond donors (Lipinski definition) is 1. The van der Waals surface area contributed by atoms with Crippen molar-refractivity contribution in [3.05, 3.63) is 29.3 Å². The van der Waals surface area contributed by atoms with Gasteiger partial charge in [0.2, 0.25) is 0 Å². The zero-order valence-electron chi connectivity index (χ0n) is 12.4. The summed E-state index contributed by atoms with van der Waals surface area (Å²) >= 11 is 0. The smallest absolute Gasteiger partial charge is 0.124 e. The Morgan fingerprint density at radius 2 is 1.94 bits per heavy atom. The molecule has 0 spiro atoms.